The Morgan fingerprint density at radius 3 is 2.53 bits per heavy atom. The number of thioether (sulfide) groups is 1. The van der Waals surface area contributed by atoms with Crippen LogP contribution in [-0.2, 0) is 16.1 Å². The monoisotopic (exact) mass is 502 g/mol. The van der Waals surface area contributed by atoms with Crippen molar-refractivity contribution in [2.75, 3.05) is 21.3 Å². The van der Waals surface area contributed by atoms with E-state index in [1.165, 1.54) is 29.3 Å². The maximum Gasteiger partial charge on any atom is 0.337 e. The summed E-state index contributed by atoms with van der Waals surface area (Å²) in [5, 5.41) is 0.512. The van der Waals surface area contributed by atoms with E-state index >= 15 is 0 Å². The summed E-state index contributed by atoms with van der Waals surface area (Å²) in [5.74, 6) is 0.590. The standard InChI is InChI=1S/C28H26N2O5S/c1-18-8-10-19(11-9-18)17-35-23-13-12-20(14-24(23)33-3)15-25-26(31)30(2)28(36-25)29-22-7-5-6-21(16-22)27(32)34-4/h5-16H,17H2,1-4H3. The Hall–Kier alpha value is -4.04. The van der Waals surface area contributed by atoms with Crippen molar-refractivity contribution in [3.8, 4) is 11.5 Å². The number of methoxy groups -OCH3 is 2. The van der Waals surface area contributed by atoms with E-state index in [0.717, 1.165) is 11.1 Å². The van der Waals surface area contributed by atoms with Crippen LogP contribution in [0.1, 0.15) is 27.0 Å². The zero-order chi connectivity index (χ0) is 25.7. The number of aryl methyl sites for hydroxylation is 1. The van der Waals surface area contributed by atoms with Crippen LogP contribution >= 0.6 is 11.8 Å². The first-order valence-electron chi connectivity index (χ1n) is 11.2. The van der Waals surface area contributed by atoms with Gasteiger partial charge in [0.15, 0.2) is 16.7 Å². The molecule has 1 aliphatic rings. The van der Waals surface area contributed by atoms with Gasteiger partial charge in [0.25, 0.3) is 5.91 Å². The molecule has 0 atom stereocenters. The third kappa shape index (κ3) is 5.78. The van der Waals surface area contributed by atoms with Gasteiger partial charge in [-0.3, -0.25) is 9.69 Å². The molecule has 0 aliphatic carbocycles. The first kappa shape index (κ1) is 25.1. The van der Waals surface area contributed by atoms with Gasteiger partial charge in [0.1, 0.15) is 6.61 Å². The average molecular weight is 503 g/mol. The number of amides is 1. The lowest BCUT2D eigenvalue weighted by Gasteiger charge is -2.12. The van der Waals surface area contributed by atoms with Crippen molar-refractivity contribution in [2.45, 2.75) is 13.5 Å². The molecule has 0 N–H and O–H groups in total. The number of likely N-dealkylation sites (N-methyl/N-ethyl adjacent to an activating group) is 1. The van der Waals surface area contributed by atoms with Crippen molar-refractivity contribution >= 4 is 40.6 Å². The minimum Gasteiger partial charge on any atom is -0.493 e. The first-order valence-corrected chi connectivity index (χ1v) is 12.0. The Bertz CT molecular complexity index is 1350. The normalized spacial score (nSPS) is 15.4. The summed E-state index contributed by atoms with van der Waals surface area (Å²) in [6, 6.07) is 20.5. The topological polar surface area (TPSA) is 77.4 Å². The summed E-state index contributed by atoms with van der Waals surface area (Å²) in [6.07, 6.45) is 1.79. The molecule has 0 radical (unpaired) electrons. The lowest BCUT2D eigenvalue weighted by atomic mass is 10.1. The van der Waals surface area contributed by atoms with Crippen LogP contribution in [0.15, 0.2) is 76.6 Å². The number of carbonyl (C=O) groups is 2. The van der Waals surface area contributed by atoms with Gasteiger partial charge in [-0.05, 0) is 66.2 Å². The molecule has 0 saturated carbocycles. The van der Waals surface area contributed by atoms with Crippen molar-refractivity contribution in [2.24, 2.45) is 4.99 Å². The molecule has 1 saturated heterocycles. The molecule has 1 aliphatic heterocycles. The largest absolute Gasteiger partial charge is 0.493 e. The fourth-order valence-electron chi connectivity index (χ4n) is 3.47. The highest BCUT2D eigenvalue weighted by molar-refractivity contribution is 8.18. The highest BCUT2D eigenvalue weighted by atomic mass is 32.2. The predicted octanol–water partition coefficient (Wildman–Crippen LogP) is 5.60. The molecule has 184 valence electrons. The van der Waals surface area contributed by atoms with Gasteiger partial charge in [0.05, 0.1) is 30.4 Å². The van der Waals surface area contributed by atoms with Gasteiger partial charge in [-0.15, -0.1) is 0 Å². The van der Waals surface area contributed by atoms with Crippen LogP contribution < -0.4 is 9.47 Å². The number of amidine groups is 1. The molecule has 0 aromatic heterocycles. The van der Waals surface area contributed by atoms with Crippen LogP contribution in [0.3, 0.4) is 0 Å². The van der Waals surface area contributed by atoms with Gasteiger partial charge < -0.3 is 14.2 Å². The molecule has 7 nitrogen and oxygen atoms in total. The quantitative estimate of drug-likeness (QED) is 0.309. The van der Waals surface area contributed by atoms with E-state index in [0.29, 0.717) is 39.4 Å². The number of rotatable bonds is 7. The van der Waals surface area contributed by atoms with Gasteiger partial charge in [-0.1, -0.05) is 42.0 Å². The minimum absolute atomic E-state index is 0.165. The Kier molecular flexibility index (Phi) is 7.75. The van der Waals surface area contributed by atoms with E-state index in [4.69, 9.17) is 14.2 Å². The van der Waals surface area contributed by atoms with Crippen molar-refractivity contribution in [3.63, 3.8) is 0 Å². The first-order chi connectivity index (χ1) is 17.4. The van der Waals surface area contributed by atoms with Crippen LogP contribution in [0, 0.1) is 6.92 Å². The molecular formula is C28H26N2O5S. The van der Waals surface area contributed by atoms with Gasteiger partial charge in [0.2, 0.25) is 0 Å². The summed E-state index contributed by atoms with van der Waals surface area (Å²) in [7, 11) is 4.58. The molecule has 36 heavy (non-hydrogen) atoms. The molecule has 3 aromatic rings. The minimum atomic E-state index is -0.443. The number of aliphatic imine (C=N–C) groups is 1. The fraction of sp³-hybridized carbons (Fsp3) is 0.179. The molecule has 3 aromatic carbocycles. The van der Waals surface area contributed by atoms with E-state index in [1.807, 2.05) is 49.4 Å². The molecule has 4 rings (SSSR count). The van der Waals surface area contributed by atoms with E-state index in [2.05, 4.69) is 4.99 Å². The Balaban J connectivity index is 1.52. The number of esters is 1. The Morgan fingerprint density at radius 1 is 1.03 bits per heavy atom. The summed E-state index contributed by atoms with van der Waals surface area (Å²) in [5.41, 5.74) is 4.00. The second kappa shape index (κ2) is 11.1. The Morgan fingerprint density at radius 2 is 1.81 bits per heavy atom. The molecule has 1 amide bonds. The van der Waals surface area contributed by atoms with E-state index < -0.39 is 5.97 Å². The molecule has 0 unspecified atom stereocenters. The Labute approximate surface area is 214 Å². The molecule has 1 heterocycles. The molecule has 1 fully saturated rings. The van der Waals surface area contributed by atoms with Crippen molar-refractivity contribution in [1.82, 2.24) is 4.90 Å². The van der Waals surface area contributed by atoms with Gasteiger partial charge in [-0.25, -0.2) is 9.79 Å². The number of hydrogen-bond donors (Lipinski definition) is 0. The molecule has 8 heteroatoms. The van der Waals surface area contributed by atoms with Crippen LogP contribution in [-0.4, -0.2) is 43.2 Å². The van der Waals surface area contributed by atoms with E-state index in [1.54, 1.807) is 44.5 Å². The van der Waals surface area contributed by atoms with Crippen LogP contribution in [0.2, 0.25) is 0 Å². The second-order valence-corrected chi connectivity index (χ2v) is 9.10. The third-order valence-corrected chi connectivity index (χ3v) is 6.56. The second-order valence-electron chi connectivity index (χ2n) is 8.10. The van der Waals surface area contributed by atoms with E-state index in [-0.39, 0.29) is 5.91 Å². The summed E-state index contributed by atoms with van der Waals surface area (Å²) >= 11 is 1.26. The number of nitrogens with zero attached hydrogens (tertiary/aromatic N) is 2. The van der Waals surface area contributed by atoms with Crippen LogP contribution in [0.5, 0.6) is 11.5 Å². The third-order valence-electron chi connectivity index (χ3n) is 5.50. The van der Waals surface area contributed by atoms with Gasteiger partial charge in [-0.2, -0.15) is 0 Å². The maximum absolute atomic E-state index is 12.9. The zero-order valence-corrected chi connectivity index (χ0v) is 21.3. The highest BCUT2D eigenvalue weighted by Crippen LogP contribution is 2.35. The summed E-state index contributed by atoms with van der Waals surface area (Å²) in [6.45, 7) is 2.47. The number of hydrogen-bond acceptors (Lipinski definition) is 7. The highest BCUT2D eigenvalue weighted by Gasteiger charge is 2.30. The van der Waals surface area contributed by atoms with Crippen LogP contribution in [0.25, 0.3) is 6.08 Å². The maximum atomic E-state index is 12.9. The summed E-state index contributed by atoms with van der Waals surface area (Å²) < 4.78 is 16.3. The molecular weight excluding hydrogens is 476 g/mol. The fourth-order valence-corrected chi connectivity index (χ4v) is 4.46. The van der Waals surface area contributed by atoms with Gasteiger partial charge in [0, 0.05) is 7.05 Å². The lowest BCUT2D eigenvalue weighted by molar-refractivity contribution is -0.121. The average Bonchev–Trinajstić information content (AvgIpc) is 3.15. The predicted molar refractivity (Wildman–Crippen MR) is 142 cm³/mol. The van der Waals surface area contributed by atoms with E-state index in [9.17, 15) is 9.59 Å². The SMILES string of the molecule is COC(=O)c1cccc(N=C2SC(=Cc3ccc(OCc4ccc(C)cc4)c(OC)c3)C(=O)N2C)c1. The molecule has 0 bridgehead atoms. The van der Waals surface area contributed by atoms with Crippen molar-refractivity contribution in [3.05, 3.63) is 93.9 Å². The van der Waals surface area contributed by atoms with Crippen molar-refractivity contribution in [1.29, 1.82) is 0 Å². The lowest BCUT2D eigenvalue weighted by Crippen LogP contribution is -2.23. The van der Waals surface area contributed by atoms with Crippen LogP contribution in [0.4, 0.5) is 5.69 Å². The number of benzene rings is 3. The summed E-state index contributed by atoms with van der Waals surface area (Å²) in [4.78, 5) is 31.2. The number of ether oxygens (including phenoxy) is 3. The number of carbonyl (C=O) groups excluding carboxylic acids is 2. The van der Waals surface area contributed by atoms with Crippen molar-refractivity contribution < 1.29 is 23.8 Å². The molecule has 0 spiro atoms. The smallest absolute Gasteiger partial charge is 0.337 e. The van der Waals surface area contributed by atoms with Gasteiger partial charge >= 0.3 is 5.97 Å². The zero-order valence-electron chi connectivity index (χ0n) is 20.5.